The largest absolute Gasteiger partial charge is 0.303 e. The smallest absolute Gasteiger partial charge is 0.120 e. The van der Waals surface area contributed by atoms with E-state index in [2.05, 4.69) is 13.8 Å². The molecule has 0 aliphatic heterocycles. The van der Waals surface area contributed by atoms with Crippen LogP contribution in [-0.4, -0.2) is 6.29 Å². The molecule has 0 heterocycles. The molecule has 0 radical (unpaired) electrons. The van der Waals surface area contributed by atoms with Crippen molar-refractivity contribution >= 4 is 6.29 Å². The average Bonchev–Trinajstić information content (AvgIpc) is 2.06. The molecule has 1 rings (SSSR count). The molecule has 0 saturated heterocycles. The van der Waals surface area contributed by atoms with Gasteiger partial charge in [0.05, 0.1) is 0 Å². The molecule has 0 spiro atoms. The van der Waals surface area contributed by atoms with E-state index < -0.39 is 0 Å². The van der Waals surface area contributed by atoms with E-state index in [9.17, 15) is 4.79 Å². The molecule has 0 amide bonds. The first kappa shape index (κ1) is 9.76. The normalized spacial score (nSPS) is 20.8. The van der Waals surface area contributed by atoms with Gasteiger partial charge in [0, 0.05) is 6.42 Å². The van der Waals surface area contributed by atoms with E-state index in [1.165, 1.54) is 32.1 Å². The summed E-state index contributed by atoms with van der Waals surface area (Å²) < 4.78 is 0. The molecule has 0 atom stereocenters. The average molecular weight is 168 g/mol. The van der Waals surface area contributed by atoms with Crippen LogP contribution in [0.2, 0.25) is 0 Å². The quantitative estimate of drug-likeness (QED) is 0.591. The monoisotopic (exact) mass is 168 g/mol. The second kappa shape index (κ2) is 4.06. The Bertz CT molecular complexity index is 143. The van der Waals surface area contributed by atoms with Gasteiger partial charge in [0.2, 0.25) is 0 Å². The fourth-order valence-corrected chi connectivity index (χ4v) is 2.27. The third kappa shape index (κ3) is 2.33. The molecule has 1 heteroatoms. The molecule has 0 unspecified atom stereocenters. The van der Waals surface area contributed by atoms with Crippen LogP contribution in [-0.2, 0) is 4.79 Å². The predicted octanol–water partition coefficient (Wildman–Crippen LogP) is 3.18. The third-order valence-electron chi connectivity index (χ3n) is 3.32. The summed E-state index contributed by atoms with van der Waals surface area (Å²) in [4.78, 5) is 10.5. The summed E-state index contributed by atoms with van der Waals surface area (Å²) in [6.07, 6.45) is 8.61. The van der Waals surface area contributed by atoms with E-state index in [0.29, 0.717) is 0 Å². The second-order valence-corrected chi connectivity index (χ2v) is 4.69. The highest BCUT2D eigenvalue weighted by molar-refractivity contribution is 5.50. The van der Waals surface area contributed by atoms with Crippen LogP contribution in [0.5, 0.6) is 0 Å². The van der Waals surface area contributed by atoms with Crippen molar-refractivity contribution in [3.8, 4) is 0 Å². The molecule has 0 aromatic rings. The Morgan fingerprint density at radius 1 is 1.25 bits per heavy atom. The van der Waals surface area contributed by atoms with Crippen LogP contribution in [0.25, 0.3) is 0 Å². The Hall–Kier alpha value is -0.330. The van der Waals surface area contributed by atoms with Crippen molar-refractivity contribution in [1.29, 1.82) is 0 Å². The van der Waals surface area contributed by atoms with Gasteiger partial charge >= 0.3 is 0 Å². The van der Waals surface area contributed by atoms with Crippen molar-refractivity contribution < 1.29 is 4.79 Å². The van der Waals surface area contributed by atoms with Gasteiger partial charge in [0.1, 0.15) is 6.29 Å². The second-order valence-electron chi connectivity index (χ2n) is 4.69. The number of rotatable bonds is 3. The summed E-state index contributed by atoms with van der Waals surface area (Å²) in [5.41, 5.74) is 0.252. The maximum absolute atomic E-state index is 10.5. The first-order valence-electron chi connectivity index (χ1n) is 5.10. The summed E-state index contributed by atoms with van der Waals surface area (Å²) in [6, 6.07) is 0. The van der Waals surface area contributed by atoms with Crippen molar-refractivity contribution in [1.82, 2.24) is 0 Å². The van der Waals surface area contributed by atoms with Crippen molar-refractivity contribution in [3.63, 3.8) is 0 Å². The highest BCUT2D eigenvalue weighted by Crippen LogP contribution is 2.39. The summed E-state index contributed by atoms with van der Waals surface area (Å²) in [5.74, 6) is 0.788. The summed E-state index contributed by atoms with van der Waals surface area (Å²) in [6.45, 7) is 4.47. The molecule has 70 valence electrons. The molecular formula is C11H20O. The molecule has 1 saturated carbocycles. The Morgan fingerprint density at radius 2 is 1.83 bits per heavy atom. The van der Waals surface area contributed by atoms with Crippen molar-refractivity contribution in [3.05, 3.63) is 0 Å². The van der Waals surface area contributed by atoms with Crippen LogP contribution in [0, 0.1) is 11.3 Å². The first-order chi connectivity index (χ1) is 5.67. The van der Waals surface area contributed by atoms with Gasteiger partial charge in [-0.25, -0.2) is 0 Å². The molecule has 1 aliphatic rings. The van der Waals surface area contributed by atoms with Gasteiger partial charge in [-0.05, 0) is 24.2 Å². The summed E-state index contributed by atoms with van der Waals surface area (Å²) in [7, 11) is 0. The molecule has 0 N–H and O–H groups in total. The van der Waals surface area contributed by atoms with Crippen LogP contribution in [0.15, 0.2) is 0 Å². The Kier molecular flexibility index (Phi) is 3.30. The van der Waals surface area contributed by atoms with E-state index in [4.69, 9.17) is 0 Å². The topological polar surface area (TPSA) is 17.1 Å². The van der Waals surface area contributed by atoms with Crippen molar-refractivity contribution in [2.45, 2.75) is 52.4 Å². The molecule has 1 fully saturated rings. The van der Waals surface area contributed by atoms with Crippen LogP contribution in [0.3, 0.4) is 0 Å². The molecule has 1 aliphatic carbocycles. The van der Waals surface area contributed by atoms with Crippen LogP contribution in [0.4, 0.5) is 0 Å². The van der Waals surface area contributed by atoms with E-state index in [0.717, 1.165) is 18.6 Å². The minimum absolute atomic E-state index is 0.252. The van der Waals surface area contributed by atoms with Gasteiger partial charge in [-0.1, -0.05) is 33.1 Å². The van der Waals surface area contributed by atoms with Gasteiger partial charge in [0.15, 0.2) is 0 Å². The Morgan fingerprint density at radius 3 is 2.33 bits per heavy atom. The number of aldehydes is 1. The Balaban J connectivity index is 2.47. The van der Waals surface area contributed by atoms with Gasteiger partial charge in [0.25, 0.3) is 0 Å². The molecule has 0 aromatic heterocycles. The Labute approximate surface area is 75.5 Å². The highest BCUT2D eigenvalue weighted by Gasteiger charge is 2.29. The molecule has 1 nitrogen and oxygen atoms in total. The zero-order valence-corrected chi connectivity index (χ0v) is 8.31. The number of carbonyl (C=O) groups is 1. The van der Waals surface area contributed by atoms with Gasteiger partial charge < -0.3 is 4.79 Å². The van der Waals surface area contributed by atoms with Crippen molar-refractivity contribution in [2.75, 3.05) is 0 Å². The summed E-state index contributed by atoms with van der Waals surface area (Å²) >= 11 is 0. The summed E-state index contributed by atoms with van der Waals surface area (Å²) in [5, 5.41) is 0. The molecule has 0 aromatic carbocycles. The lowest BCUT2D eigenvalue weighted by Crippen LogP contribution is -2.26. The number of hydrogen-bond acceptors (Lipinski definition) is 1. The zero-order valence-electron chi connectivity index (χ0n) is 8.31. The van der Waals surface area contributed by atoms with Crippen LogP contribution >= 0.6 is 0 Å². The van der Waals surface area contributed by atoms with E-state index in [1.807, 2.05) is 0 Å². The molecule has 12 heavy (non-hydrogen) atoms. The standard InChI is InChI=1S/C11H20O/c1-11(2,8-9-12)10-6-4-3-5-7-10/h9-10H,3-8H2,1-2H3. The first-order valence-corrected chi connectivity index (χ1v) is 5.10. The van der Waals surface area contributed by atoms with E-state index in [1.54, 1.807) is 0 Å². The molecular weight excluding hydrogens is 148 g/mol. The fourth-order valence-electron chi connectivity index (χ4n) is 2.27. The predicted molar refractivity (Wildman–Crippen MR) is 51.0 cm³/mol. The van der Waals surface area contributed by atoms with E-state index >= 15 is 0 Å². The fraction of sp³-hybridized carbons (Fsp3) is 0.909. The SMILES string of the molecule is CC(C)(CC=O)C1CCCCC1. The van der Waals surface area contributed by atoms with Crippen molar-refractivity contribution in [2.24, 2.45) is 11.3 Å². The van der Waals surface area contributed by atoms with Gasteiger partial charge in [-0.3, -0.25) is 0 Å². The lowest BCUT2D eigenvalue weighted by Gasteiger charge is -2.35. The minimum Gasteiger partial charge on any atom is -0.303 e. The zero-order chi connectivity index (χ0) is 9.03. The number of hydrogen-bond donors (Lipinski definition) is 0. The lowest BCUT2D eigenvalue weighted by atomic mass is 9.70. The van der Waals surface area contributed by atoms with E-state index in [-0.39, 0.29) is 5.41 Å². The van der Waals surface area contributed by atoms with Crippen LogP contribution in [0.1, 0.15) is 52.4 Å². The molecule has 0 bridgehead atoms. The minimum atomic E-state index is 0.252. The lowest BCUT2D eigenvalue weighted by molar-refractivity contribution is -0.110. The van der Waals surface area contributed by atoms with Gasteiger partial charge in [-0.2, -0.15) is 0 Å². The maximum Gasteiger partial charge on any atom is 0.120 e. The third-order valence-corrected chi connectivity index (χ3v) is 3.32. The highest BCUT2D eigenvalue weighted by atomic mass is 16.1. The maximum atomic E-state index is 10.5. The number of carbonyl (C=O) groups excluding carboxylic acids is 1. The van der Waals surface area contributed by atoms with Crippen LogP contribution < -0.4 is 0 Å². The van der Waals surface area contributed by atoms with Gasteiger partial charge in [-0.15, -0.1) is 0 Å².